The molecular weight excluding hydrogens is 317 g/mol. The summed E-state index contributed by atoms with van der Waals surface area (Å²) in [6.07, 6.45) is 2.27. The largest absolute Gasteiger partial charge is 0.464 e. The van der Waals surface area contributed by atoms with Crippen LogP contribution in [0.25, 0.3) is 0 Å². The molecule has 1 saturated heterocycles. The van der Waals surface area contributed by atoms with Crippen LogP contribution in [0.4, 0.5) is 0 Å². The van der Waals surface area contributed by atoms with Crippen molar-refractivity contribution in [3.8, 4) is 0 Å². The van der Waals surface area contributed by atoms with Crippen LogP contribution in [0.1, 0.15) is 36.5 Å². The van der Waals surface area contributed by atoms with Crippen LogP contribution in [0.3, 0.4) is 0 Å². The molecule has 0 aliphatic carbocycles. The van der Waals surface area contributed by atoms with E-state index in [-0.39, 0.29) is 28.4 Å². The Kier molecular flexibility index (Phi) is 5.36. The lowest BCUT2D eigenvalue weighted by atomic mass is 10.0. The fourth-order valence-electron chi connectivity index (χ4n) is 2.32. The van der Waals surface area contributed by atoms with Gasteiger partial charge in [-0.2, -0.15) is 0 Å². The quantitative estimate of drug-likeness (QED) is 0.795. The van der Waals surface area contributed by atoms with Crippen molar-refractivity contribution < 1.29 is 14.3 Å². The number of nitrogens with zero attached hydrogens (tertiary/aromatic N) is 3. The van der Waals surface area contributed by atoms with Gasteiger partial charge in [-0.25, -0.2) is 4.79 Å². The summed E-state index contributed by atoms with van der Waals surface area (Å²) in [5, 5.41) is 7.24. The highest BCUT2D eigenvalue weighted by Crippen LogP contribution is 2.24. The predicted molar refractivity (Wildman–Crippen MR) is 77.4 cm³/mol. The summed E-state index contributed by atoms with van der Waals surface area (Å²) in [5.74, 6) is -0.774. The second kappa shape index (κ2) is 7.04. The van der Waals surface area contributed by atoms with E-state index in [1.165, 1.54) is 11.0 Å². The van der Waals surface area contributed by atoms with Gasteiger partial charge in [0.15, 0.2) is 10.3 Å². The number of rotatable bonds is 3. The second-order valence-electron chi connectivity index (χ2n) is 4.63. The first-order valence-electron chi connectivity index (χ1n) is 6.71. The highest BCUT2D eigenvalue weighted by Gasteiger charge is 2.34. The molecule has 0 bridgehead atoms. The average molecular weight is 332 g/mol. The van der Waals surface area contributed by atoms with E-state index in [0.29, 0.717) is 13.0 Å². The summed E-state index contributed by atoms with van der Waals surface area (Å²) in [6.45, 7) is 2.48. The molecule has 0 saturated carbocycles. The lowest BCUT2D eigenvalue weighted by Gasteiger charge is -2.34. The molecule has 0 N–H and O–H groups in total. The number of hydrogen-bond donors (Lipinski definition) is 0. The minimum Gasteiger partial charge on any atom is -0.464 e. The first kappa shape index (κ1) is 16.0. The highest BCUT2D eigenvalue weighted by molar-refractivity contribution is 6.34. The Hall–Kier alpha value is -1.40. The van der Waals surface area contributed by atoms with Gasteiger partial charge in [-0.15, -0.1) is 10.2 Å². The molecule has 21 heavy (non-hydrogen) atoms. The molecule has 1 amide bonds. The third-order valence-corrected chi connectivity index (χ3v) is 3.74. The van der Waals surface area contributed by atoms with Gasteiger partial charge in [0.25, 0.3) is 5.91 Å². The monoisotopic (exact) mass is 331 g/mol. The van der Waals surface area contributed by atoms with E-state index in [9.17, 15) is 9.59 Å². The topological polar surface area (TPSA) is 72.4 Å². The molecule has 1 unspecified atom stereocenters. The fourth-order valence-corrected chi connectivity index (χ4v) is 2.64. The lowest BCUT2D eigenvalue weighted by molar-refractivity contribution is -0.149. The zero-order valence-electron chi connectivity index (χ0n) is 11.5. The highest BCUT2D eigenvalue weighted by atomic mass is 35.5. The van der Waals surface area contributed by atoms with Gasteiger partial charge in [-0.05, 0) is 32.3 Å². The van der Waals surface area contributed by atoms with E-state index in [1.807, 2.05) is 0 Å². The minimum absolute atomic E-state index is 0.0300. The van der Waals surface area contributed by atoms with E-state index in [1.54, 1.807) is 6.92 Å². The summed E-state index contributed by atoms with van der Waals surface area (Å²) in [7, 11) is 0. The maximum atomic E-state index is 12.6. The molecule has 0 radical (unpaired) electrons. The van der Waals surface area contributed by atoms with Crippen molar-refractivity contribution in [3.05, 3.63) is 21.9 Å². The Bertz CT molecular complexity index is 553. The number of halogens is 2. The van der Waals surface area contributed by atoms with Crippen molar-refractivity contribution in [1.82, 2.24) is 15.1 Å². The van der Waals surface area contributed by atoms with Crippen LogP contribution >= 0.6 is 23.2 Å². The molecule has 1 aliphatic heterocycles. The van der Waals surface area contributed by atoms with Crippen LogP contribution in [0.2, 0.25) is 10.3 Å². The number of hydrogen-bond acceptors (Lipinski definition) is 5. The minimum atomic E-state index is -0.589. The molecule has 0 aromatic carbocycles. The number of ether oxygens (including phenoxy) is 1. The lowest BCUT2D eigenvalue weighted by Crippen LogP contribution is -2.48. The van der Waals surface area contributed by atoms with Crippen LogP contribution in [0.15, 0.2) is 6.07 Å². The van der Waals surface area contributed by atoms with Gasteiger partial charge >= 0.3 is 5.97 Å². The standard InChI is InChI=1S/C13H15Cl2N3O3/c1-2-21-13(20)9-5-3-4-6-18(9)12(19)8-7-10(14)16-17-11(8)15/h7,9H,2-6H2,1H3. The molecule has 2 heterocycles. The molecule has 1 aromatic heterocycles. The summed E-state index contributed by atoms with van der Waals surface area (Å²) >= 11 is 11.7. The van der Waals surface area contributed by atoms with Gasteiger partial charge in [0.1, 0.15) is 6.04 Å². The third-order valence-electron chi connectivity index (χ3n) is 3.27. The maximum absolute atomic E-state index is 12.6. The average Bonchev–Trinajstić information content (AvgIpc) is 2.49. The third kappa shape index (κ3) is 3.63. The second-order valence-corrected chi connectivity index (χ2v) is 5.38. The number of piperidine rings is 1. The molecule has 6 nitrogen and oxygen atoms in total. The molecule has 2 rings (SSSR count). The number of carbonyl (C=O) groups is 2. The Morgan fingerprint density at radius 3 is 2.86 bits per heavy atom. The first-order chi connectivity index (χ1) is 10.0. The van der Waals surface area contributed by atoms with Crippen molar-refractivity contribution in [3.63, 3.8) is 0 Å². The van der Waals surface area contributed by atoms with Crippen molar-refractivity contribution in [2.75, 3.05) is 13.2 Å². The molecule has 0 spiro atoms. The van der Waals surface area contributed by atoms with Gasteiger partial charge in [0.05, 0.1) is 12.2 Å². The number of aromatic nitrogens is 2. The summed E-state index contributed by atoms with van der Waals surface area (Å²) in [4.78, 5) is 26.1. The summed E-state index contributed by atoms with van der Waals surface area (Å²) in [5.41, 5.74) is 0.146. The van der Waals surface area contributed by atoms with Crippen molar-refractivity contribution in [1.29, 1.82) is 0 Å². The van der Waals surface area contributed by atoms with Gasteiger partial charge < -0.3 is 9.64 Å². The maximum Gasteiger partial charge on any atom is 0.328 e. The van der Waals surface area contributed by atoms with E-state index in [2.05, 4.69) is 10.2 Å². The number of carbonyl (C=O) groups excluding carboxylic acids is 2. The van der Waals surface area contributed by atoms with E-state index >= 15 is 0 Å². The molecule has 1 aromatic rings. The summed E-state index contributed by atoms with van der Waals surface area (Å²) in [6, 6.07) is 0.768. The number of amides is 1. The van der Waals surface area contributed by atoms with Crippen LogP contribution in [-0.4, -0.2) is 46.2 Å². The van der Waals surface area contributed by atoms with Gasteiger partial charge in [0.2, 0.25) is 0 Å². The van der Waals surface area contributed by atoms with Crippen molar-refractivity contribution >= 4 is 35.1 Å². The first-order valence-corrected chi connectivity index (χ1v) is 7.46. The van der Waals surface area contributed by atoms with Crippen molar-refractivity contribution in [2.45, 2.75) is 32.2 Å². The Balaban J connectivity index is 2.26. The van der Waals surface area contributed by atoms with Gasteiger partial charge in [0, 0.05) is 6.54 Å². The molecule has 8 heteroatoms. The van der Waals surface area contributed by atoms with Crippen LogP contribution in [0.5, 0.6) is 0 Å². The fraction of sp³-hybridized carbons (Fsp3) is 0.538. The van der Waals surface area contributed by atoms with Gasteiger partial charge in [-0.1, -0.05) is 23.2 Å². The van der Waals surface area contributed by atoms with E-state index in [0.717, 1.165) is 12.8 Å². The van der Waals surface area contributed by atoms with E-state index < -0.39 is 12.0 Å². The molecule has 1 fully saturated rings. The van der Waals surface area contributed by atoms with Crippen LogP contribution < -0.4 is 0 Å². The van der Waals surface area contributed by atoms with Crippen LogP contribution in [0, 0.1) is 0 Å². The molecular formula is C13H15Cl2N3O3. The number of esters is 1. The van der Waals surface area contributed by atoms with Crippen LogP contribution in [-0.2, 0) is 9.53 Å². The number of likely N-dealkylation sites (tertiary alicyclic amines) is 1. The zero-order valence-corrected chi connectivity index (χ0v) is 13.0. The molecule has 114 valence electrons. The predicted octanol–water partition coefficient (Wildman–Crippen LogP) is 2.34. The van der Waals surface area contributed by atoms with Crippen molar-refractivity contribution in [2.24, 2.45) is 0 Å². The Labute approximate surface area is 132 Å². The molecule has 1 atom stereocenters. The van der Waals surface area contributed by atoms with E-state index in [4.69, 9.17) is 27.9 Å². The smallest absolute Gasteiger partial charge is 0.328 e. The van der Waals surface area contributed by atoms with Gasteiger partial charge in [-0.3, -0.25) is 4.79 Å². The Morgan fingerprint density at radius 2 is 2.14 bits per heavy atom. The summed E-state index contributed by atoms with van der Waals surface area (Å²) < 4.78 is 5.03. The zero-order chi connectivity index (χ0) is 15.4. The normalized spacial score (nSPS) is 18.4. The molecule has 1 aliphatic rings. The SMILES string of the molecule is CCOC(=O)C1CCCCN1C(=O)c1cc(Cl)nnc1Cl. The Morgan fingerprint density at radius 1 is 1.38 bits per heavy atom.